The Hall–Kier alpha value is -3.03. The maximum Gasteiger partial charge on any atom is 0.194 e. The maximum atomic E-state index is 13.2. The fourth-order valence-corrected chi connectivity index (χ4v) is 4.55. The highest BCUT2D eigenvalue weighted by molar-refractivity contribution is 6.00. The number of carbonyl (C=O) groups is 1. The Morgan fingerprint density at radius 3 is 2.43 bits per heavy atom. The minimum absolute atomic E-state index is 0.275. The minimum Gasteiger partial charge on any atom is -0.489 e. The van der Waals surface area contributed by atoms with Gasteiger partial charge < -0.3 is 24.1 Å². The van der Waals surface area contributed by atoms with Crippen molar-refractivity contribution in [1.82, 2.24) is 0 Å². The van der Waals surface area contributed by atoms with E-state index in [1.165, 1.54) is 0 Å². The maximum absolute atomic E-state index is 13.2. The molecule has 0 aromatic heterocycles. The first-order valence-corrected chi connectivity index (χ1v) is 11.9. The van der Waals surface area contributed by atoms with E-state index in [1.54, 1.807) is 19.9 Å². The molecule has 2 aliphatic heterocycles. The SMILES string of the molecule is Cc1ccc(C(=O)[C@@H]2O[C@H]3OC(C)(C)O[C@H]3[C@H]2O)cc1Cc1ccc(OCc2ccccc2)cc1. The zero-order valence-corrected chi connectivity index (χ0v) is 20.1. The zero-order chi connectivity index (χ0) is 24.6. The molecule has 182 valence electrons. The molecule has 3 aromatic rings. The number of ether oxygens (including phenoxy) is 4. The molecule has 0 amide bonds. The van der Waals surface area contributed by atoms with Crippen molar-refractivity contribution in [2.75, 3.05) is 0 Å². The van der Waals surface area contributed by atoms with Crippen LogP contribution in [0.15, 0.2) is 72.8 Å². The molecule has 0 bridgehead atoms. The molecule has 5 rings (SSSR count). The van der Waals surface area contributed by atoms with E-state index in [0.717, 1.165) is 28.0 Å². The molecule has 0 spiro atoms. The minimum atomic E-state index is -1.08. The molecule has 2 aliphatic rings. The number of ketones is 1. The summed E-state index contributed by atoms with van der Waals surface area (Å²) in [5, 5.41) is 10.7. The lowest BCUT2D eigenvalue weighted by Crippen LogP contribution is -2.38. The van der Waals surface area contributed by atoms with Gasteiger partial charge in [-0.25, -0.2) is 0 Å². The highest BCUT2D eigenvalue weighted by Crippen LogP contribution is 2.38. The number of benzene rings is 3. The van der Waals surface area contributed by atoms with Crippen molar-refractivity contribution in [3.63, 3.8) is 0 Å². The van der Waals surface area contributed by atoms with Gasteiger partial charge in [0.1, 0.15) is 24.6 Å². The average molecular weight is 475 g/mol. The molecule has 35 heavy (non-hydrogen) atoms. The first-order valence-electron chi connectivity index (χ1n) is 11.9. The summed E-state index contributed by atoms with van der Waals surface area (Å²) < 4.78 is 23.0. The predicted octanol–water partition coefficient (Wildman–Crippen LogP) is 4.58. The van der Waals surface area contributed by atoms with Crippen LogP contribution in [0.5, 0.6) is 5.75 Å². The van der Waals surface area contributed by atoms with E-state index in [0.29, 0.717) is 18.6 Å². The largest absolute Gasteiger partial charge is 0.489 e. The number of fused-ring (bicyclic) bond motifs is 1. The zero-order valence-electron chi connectivity index (χ0n) is 20.1. The van der Waals surface area contributed by atoms with Crippen molar-refractivity contribution < 1.29 is 28.8 Å². The second kappa shape index (κ2) is 9.55. The Bertz CT molecular complexity index is 1190. The quantitative estimate of drug-likeness (QED) is 0.505. The molecule has 2 heterocycles. The summed E-state index contributed by atoms with van der Waals surface area (Å²) in [6, 6.07) is 23.6. The topological polar surface area (TPSA) is 74.2 Å². The number of carbonyl (C=O) groups excluding carboxylic acids is 1. The van der Waals surface area contributed by atoms with Gasteiger partial charge in [0.25, 0.3) is 0 Å². The van der Waals surface area contributed by atoms with Crippen LogP contribution in [0.1, 0.15) is 46.5 Å². The van der Waals surface area contributed by atoms with E-state index in [-0.39, 0.29) is 5.78 Å². The van der Waals surface area contributed by atoms with Gasteiger partial charge in [-0.2, -0.15) is 0 Å². The summed E-state index contributed by atoms with van der Waals surface area (Å²) in [4.78, 5) is 13.2. The van der Waals surface area contributed by atoms with Gasteiger partial charge in [0.05, 0.1) is 0 Å². The average Bonchev–Trinajstić information content (AvgIpc) is 3.32. The summed E-state index contributed by atoms with van der Waals surface area (Å²) in [7, 11) is 0. The number of rotatable bonds is 7. The van der Waals surface area contributed by atoms with Crippen molar-refractivity contribution in [1.29, 1.82) is 0 Å². The number of aryl methyl sites for hydroxylation is 1. The van der Waals surface area contributed by atoms with Crippen molar-refractivity contribution in [3.05, 3.63) is 101 Å². The molecule has 6 heteroatoms. The lowest BCUT2D eigenvalue weighted by atomic mass is 9.94. The number of aliphatic hydroxyl groups is 1. The van der Waals surface area contributed by atoms with E-state index >= 15 is 0 Å². The number of hydrogen-bond acceptors (Lipinski definition) is 6. The Balaban J connectivity index is 1.25. The van der Waals surface area contributed by atoms with Gasteiger partial charge in [-0.15, -0.1) is 0 Å². The highest BCUT2D eigenvalue weighted by atomic mass is 16.8. The summed E-state index contributed by atoms with van der Waals surface area (Å²) in [5.74, 6) is -0.310. The van der Waals surface area contributed by atoms with Crippen LogP contribution in [0.25, 0.3) is 0 Å². The van der Waals surface area contributed by atoms with E-state index in [2.05, 4.69) is 0 Å². The van der Waals surface area contributed by atoms with E-state index in [1.807, 2.05) is 73.7 Å². The van der Waals surface area contributed by atoms with Gasteiger partial charge >= 0.3 is 0 Å². The Morgan fingerprint density at radius 1 is 0.971 bits per heavy atom. The Morgan fingerprint density at radius 2 is 1.71 bits per heavy atom. The molecular formula is C29H30O6. The van der Waals surface area contributed by atoms with E-state index in [9.17, 15) is 9.90 Å². The Labute approximate surface area is 205 Å². The third-order valence-corrected chi connectivity index (χ3v) is 6.47. The van der Waals surface area contributed by atoms with Crippen molar-refractivity contribution in [2.45, 2.75) is 64.2 Å². The molecule has 2 saturated heterocycles. The van der Waals surface area contributed by atoms with Crippen molar-refractivity contribution >= 4 is 5.78 Å². The summed E-state index contributed by atoms with van der Waals surface area (Å²) in [5.41, 5.74) is 4.85. The number of Topliss-reactive ketones (excluding diaryl/α,β-unsaturated/α-hetero) is 1. The highest BCUT2D eigenvalue weighted by Gasteiger charge is 2.56. The first-order chi connectivity index (χ1) is 16.8. The van der Waals surface area contributed by atoms with Crippen LogP contribution in [0.2, 0.25) is 0 Å². The number of aliphatic hydroxyl groups excluding tert-OH is 1. The molecular weight excluding hydrogens is 444 g/mol. The third kappa shape index (κ3) is 5.16. The fourth-order valence-electron chi connectivity index (χ4n) is 4.55. The van der Waals surface area contributed by atoms with Gasteiger partial charge in [0.15, 0.2) is 24.0 Å². The number of hydrogen-bond donors (Lipinski definition) is 1. The van der Waals surface area contributed by atoms with E-state index in [4.69, 9.17) is 18.9 Å². The van der Waals surface area contributed by atoms with Crippen LogP contribution in [-0.4, -0.2) is 41.3 Å². The third-order valence-electron chi connectivity index (χ3n) is 6.47. The molecule has 0 radical (unpaired) electrons. The van der Waals surface area contributed by atoms with Crippen LogP contribution in [0, 0.1) is 6.92 Å². The smallest absolute Gasteiger partial charge is 0.194 e. The summed E-state index contributed by atoms with van der Waals surface area (Å²) >= 11 is 0. The van der Waals surface area contributed by atoms with Crippen LogP contribution < -0.4 is 4.74 Å². The molecule has 2 fully saturated rings. The molecule has 4 atom stereocenters. The molecule has 0 aliphatic carbocycles. The lowest BCUT2D eigenvalue weighted by Gasteiger charge is -2.22. The lowest BCUT2D eigenvalue weighted by molar-refractivity contribution is -0.208. The first kappa shape index (κ1) is 23.7. The second-order valence-corrected chi connectivity index (χ2v) is 9.62. The molecule has 0 unspecified atom stereocenters. The van der Waals surface area contributed by atoms with Crippen LogP contribution >= 0.6 is 0 Å². The fraction of sp³-hybridized carbons (Fsp3) is 0.345. The van der Waals surface area contributed by atoms with Gasteiger partial charge in [-0.05, 0) is 67.6 Å². The van der Waals surface area contributed by atoms with Gasteiger partial charge in [0.2, 0.25) is 0 Å². The molecule has 0 saturated carbocycles. The normalized spacial score (nSPS) is 24.8. The van der Waals surface area contributed by atoms with Crippen LogP contribution in [0.3, 0.4) is 0 Å². The van der Waals surface area contributed by atoms with Gasteiger partial charge in [-0.3, -0.25) is 4.79 Å². The van der Waals surface area contributed by atoms with Crippen LogP contribution in [0.4, 0.5) is 0 Å². The monoisotopic (exact) mass is 474 g/mol. The Kier molecular flexibility index (Phi) is 6.47. The van der Waals surface area contributed by atoms with Gasteiger partial charge in [0, 0.05) is 5.56 Å². The second-order valence-electron chi connectivity index (χ2n) is 9.62. The van der Waals surface area contributed by atoms with Crippen molar-refractivity contribution in [3.8, 4) is 5.75 Å². The summed E-state index contributed by atoms with van der Waals surface area (Å²) in [6.45, 7) is 6.06. The van der Waals surface area contributed by atoms with Gasteiger partial charge in [-0.1, -0.05) is 54.6 Å². The summed E-state index contributed by atoms with van der Waals surface area (Å²) in [6.07, 6.45) is -2.85. The standard InChI is InChI=1S/C29H30O6/c1-18-9-12-21(24(30)26-25(31)27-28(33-26)35-29(2,3)34-27)16-22(18)15-19-10-13-23(14-11-19)32-17-20-7-5-4-6-8-20/h4-14,16,25-28,31H,15,17H2,1-3H3/t25-,26-,27-,28-/m0/s1. The van der Waals surface area contributed by atoms with E-state index < -0.39 is 30.4 Å². The predicted molar refractivity (Wildman–Crippen MR) is 130 cm³/mol. The van der Waals surface area contributed by atoms with Crippen molar-refractivity contribution in [2.24, 2.45) is 0 Å². The molecule has 6 nitrogen and oxygen atoms in total. The molecule has 1 N–H and O–H groups in total. The molecule has 3 aromatic carbocycles. The van der Waals surface area contributed by atoms with Crippen LogP contribution in [-0.2, 0) is 27.2 Å².